The number of nitrogens with zero attached hydrogens (tertiary/aromatic N) is 3. The lowest BCUT2D eigenvalue weighted by molar-refractivity contribution is 0.122. The molecule has 0 aliphatic carbocycles. The molecule has 3 aromatic rings. The Labute approximate surface area is 159 Å². The molecule has 1 saturated heterocycles. The van der Waals surface area contributed by atoms with Gasteiger partial charge in [0.25, 0.3) is 0 Å². The third-order valence-corrected chi connectivity index (χ3v) is 5.16. The average molecular weight is 363 g/mol. The summed E-state index contributed by atoms with van der Waals surface area (Å²) in [4.78, 5) is 19.6. The van der Waals surface area contributed by atoms with Crippen molar-refractivity contribution in [2.75, 3.05) is 31.2 Å². The standard InChI is InChI=1S/C22H25N3O2/c1-15(2)25-20-13-16(3)19(24-9-11-27-12-10-24)14-18(20)21(23-22(25)26)17-7-5-4-6-8-17/h4-8,13-15H,9-12H2,1-3H3. The van der Waals surface area contributed by atoms with Gasteiger partial charge in [0.15, 0.2) is 0 Å². The first kappa shape index (κ1) is 17.7. The zero-order valence-corrected chi connectivity index (χ0v) is 16.1. The first-order valence-electron chi connectivity index (χ1n) is 9.51. The molecule has 0 atom stereocenters. The van der Waals surface area contributed by atoms with Gasteiger partial charge in [0, 0.05) is 35.8 Å². The number of morpholine rings is 1. The first-order chi connectivity index (χ1) is 13.1. The van der Waals surface area contributed by atoms with Gasteiger partial charge in [-0.3, -0.25) is 4.57 Å². The highest BCUT2D eigenvalue weighted by molar-refractivity contribution is 5.95. The zero-order chi connectivity index (χ0) is 19.0. The number of ether oxygens (including phenoxy) is 1. The van der Waals surface area contributed by atoms with Crippen LogP contribution < -0.4 is 10.6 Å². The molecule has 0 amide bonds. The zero-order valence-electron chi connectivity index (χ0n) is 16.1. The molecule has 1 aliphatic heterocycles. The minimum Gasteiger partial charge on any atom is -0.378 e. The Balaban J connectivity index is 2.02. The van der Waals surface area contributed by atoms with Crippen molar-refractivity contribution in [2.24, 2.45) is 0 Å². The molecule has 5 nitrogen and oxygen atoms in total. The summed E-state index contributed by atoms with van der Waals surface area (Å²) in [7, 11) is 0. The van der Waals surface area contributed by atoms with E-state index in [1.54, 1.807) is 4.57 Å². The van der Waals surface area contributed by atoms with E-state index in [1.807, 2.05) is 44.2 Å². The minimum absolute atomic E-state index is 0.0472. The predicted molar refractivity (Wildman–Crippen MR) is 110 cm³/mol. The van der Waals surface area contributed by atoms with Gasteiger partial charge in [-0.15, -0.1) is 0 Å². The van der Waals surface area contributed by atoms with Crippen LogP contribution in [0.1, 0.15) is 25.5 Å². The maximum atomic E-state index is 12.8. The summed E-state index contributed by atoms with van der Waals surface area (Å²) < 4.78 is 7.30. The smallest absolute Gasteiger partial charge is 0.348 e. The van der Waals surface area contributed by atoms with Crippen molar-refractivity contribution in [1.82, 2.24) is 9.55 Å². The predicted octanol–water partition coefficient (Wildman–Crippen LogP) is 3.79. The van der Waals surface area contributed by atoms with E-state index in [2.05, 4.69) is 28.9 Å². The Hall–Kier alpha value is -2.66. The van der Waals surface area contributed by atoms with Crippen molar-refractivity contribution in [3.8, 4) is 11.3 Å². The fraction of sp³-hybridized carbons (Fsp3) is 0.364. The maximum Gasteiger partial charge on any atom is 0.348 e. The molecule has 4 rings (SSSR count). The van der Waals surface area contributed by atoms with Crippen LogP contribution >= 0.6 is 0 Å². The van der Waals surface area contributed by atoms with Gasteiger partial charge in [-0.25, -0.2) is 4.79 Å². The quantitative estimate of drug-likeness (QED) is 0.710. The molecule has 0 radical (unpaired) electrons. The fourth-order valence-corrected chi connectivity index (χ4v) is 3.84. The van der Waals surface area contributed by atoms with Gasteiger partial charge < -0.3 is 9.64 Å². The summed E-state index contributed by atoms with van der Waals surface area (Å²) in [6, 6.07) is 14.3. The molecule has 0 saturated carbocycles. The van der Waals surface area contributed by atoms with Gasteiger partial charge in [-0.05, 0) is 38.5 Å². The minimum atomic E-state index is -0.199. The largest absolute Gasteiger partial charge is 0.378 e. The average Bonchev–Trinajstić information content (AvgIpc) is 2.68. The fourth-order valence-electron chi connectivity index (χ4n) is 3.84. The van der Waals surface area contributed by atoms with Gasteiger partial charge in [-0.2, -0.15) is 4.98 Å². The van der Waals surface area contributed by atoms with Crippen molar-refractivity contribution in [1.29, 1.82) is 0 Å². The highest BCUT2D eigenvalue weighted by atomic mass is 16.5. The number of aryl methyl sites for hydroxylation is 1. The van der Waals surface area contributed by atoms with Crippen molar-refractivity contribution in [2.45, 2.75) is 26.8 Å². The van der Waals surface area contributed by atoms with Gasteiger partial charge in [0.1, 0.15) is 0 Å². The molecule has 2 aromatic carbocycles. The van der Waals surface area contributed by atoms with Crippen LogP contribution in [0.15, 0.2) is 47.3 Å². The Morgan fingerprint density at radius 3 is 2.44 bits per heavy atom. The number of hydrogen-bond acceptors (Lipinski definition) is 4. The van der Waals surface area contributed by atoms with E-state index in [0.29, 0.717) is 0 Å². The van der Waals surface area contributed by atoms with Crippen LogP contribution in [0.3, 0.4) is 0 Å². The maximum absolute atomic E-state index is 12.8. The highest BCUT2D eigenvalue weighted by Crippen LogP contribution is 2.32. The summed E-state index contributed by atoms with van der Waals surface area (Å²) in [5, 5.41) is 1.02. The normalized spacial score (nSPS) is 14.9. The van der Waals surface area contributed by atoms with Gasteiger partial charge >= 0.3 is 5.69 Å². The van der Waals surface area contributed by atoms with Gasteiger partial charge in [0.05, 0.1) is 24.4 Å². The molecule has 1 aromatic heterocycles. The molecular weight excluding hydrogens is 338 g/mol. The van der Waals surface area contributed by atoms with Gasteiger partial charge in [-0.1, -0.05) is 30.3 Å². The van der Waals surface area contributed by atoms with E-state index in [-0.39, 0.29) is 11.7 Å². The summed E-state index contributed by atoms with van der Waals surface area (Å²) in [6.07, 6.45) is 0. The number of anilines is 1. The molecule has 27 heavy (non-hydrogen) atoms. The highest BCUT2D eigenvalue weighted by Gasteiger charge is 2.19. The van der Waals surface area contributed by atoms with Crippen molar-refractivity contribution in [3.05, 3.63) is 58.5 Å². The van der Waals surface area contributed by atoms with Gasteiger partial charge in [0.2, 0.25) is 0 Å². The summed E-state index contributed by atoms with van der Waals surface area (Å²) in [5.41, 5.74) is 4.82. The topological polar surface area (TPSA) is 47.4 Å². The summed E-state index contributed by atoms with van der Waals surface area (Å²) in [6.45, 7) is 9.40. The van der Waals surface area contributed by atoms with Crippen LogP contribution in [0.2, 0.25) is 0 Å². The molecular formula is C22H25N3O2. The third kappa shape index (κ3) is 3.23. The van der Waals surface area contributed by atoms with Crippen LogP contribution in [0.5, 0.6) is 0 Å². The molecule has 0 N–H and O–H groups in total. The lowest BCUT2D eigenvalue weighted by atomic mass is 10.0. The molecule has 1 aliphatic rings. The molecule has 0 spiro atoms. The summed E-state index contributed by atoms with van der Waals surface area (Å²) in [5.74, 6) is 0. The number of rotatable bonds is 3. The number of benzene rings is 2. The molecule has 0 bridgehead atoms. The Morgan fingerprint density at radius 1 is 1.07 bits per heavy atom. The van der Waals surface area contributed by atoms with E-state index in [1.165, 1.54) is 11.3 Å². The Morgan fingerprint density at radius 2 is 1.78 bits per heavy atom. The molecule has 2 heterocycles. The van der Waals surface area contributed by atoms with Crippen molar-refractivity contribution < 1.29 is 4.74 Å². The van der Waals surface area contributed by atoms with Crippen LogP contribution in [0, 0.1) is 6.92 Å². The van der Waals surface area contributed by atoms with E-state index in [0.717, 1.165) is 48.5 Å². The van der Waals surface area contributed by atoms with E-state index in [9.17, 15) is 4.79 Å². The molecule has 140 valence electrons. The summed E-state index contributed by atoms with van der Waals surface area (Å²) >= 11 is 0. The number of hydrogen-bond donors (Lipinski definition) is 0. The first-order valence-corrected chi connectivity index (χ1v) is 9.51. The monoisotopic (exact) mass is 363 g/mol. The van der Waals surface area contributed by atoms with Crippen LogP contribution in [0.25, 0.3) is 22.2 Å². The Bertz CT molecular complexity index is 1020. The van der Waals surface area contributed by atoms with E-state index >= 15 is 0 Å². The van der Waals surface area contributed by atoms with Crippen LogP contribution in [-0.2, 0) is 4.74 Å². The molecule has 1 fully saturated rings. The lowest BCUT2D eigenvalue weighted by Gasteiger charge is -2.31. The lowest BCUT2D eigenvalue weighted by Crippen LogP contribution is -2.36. The van der Waals surface area contributed by atoms with Crippen molar-refractivity contribution in [3.63, 3.8) is 0 Å². The number of fused-ring (bicyclic) bond motifs is 1. The number of aromatic nitrogens is 2. The van der Waals surface area contributed by atoms with Crippen LogP contribution in [0.4, 0.5) is 5.69 Å². The molecule has 0 unspecified atom stereocenters. The second-order valence-corrected chi connectivity index (χ2v) is 7.33. The van der Waals surface area contributed by atoms with E-state index < -0.39 is 0 Å². The molecule has 5 heteroatoms. The van der Waals surface area contributed by atoms with Crippen molar-refractivity contribution >= 4 is 16.6 Å². The third-order valence-electron chi connectivity index (χ3n) is 5.16. The second kappa shape index (κ2) is 7.16. The second-order valence-electron chi connectivity index (χ2n) is 7.33. The van der Waals surface area contributed by atoms with E-state index in [4.69, 9.17) is 4.74 Å². The Kier molecular flexibility index (Phi) is 4.70. The van der Waals surface area contributed by atoms with Crippen LogP contribution in [-0.4, -0.2) is 35.9 Å². The SMILES string of the molecule is Cc1cc2c(cc1N1CCOCC1)c(-c1ccccc1)nc(=O)n2C(C)C.